The van der Waals surface area contributed by atoms with Gasteiger partial charge in [-0.3, -0.25) is 0 Å². The lowest BCUT2D eigenvalue weighted by atomic mass is 10.0. The highest BCUT2D eigenvalue weighted by molar-refractivity contribution is 5.38. The summed E-state index contributed by atoms with van der Waals surface area (Å²) >= 11 is 0. The van der Waals surface area contributed by atoms with Crippen molar-refractivity contribution in [1.29, 1.82) is 0 Å². The number of rotatable bonds is 10. The fourth-order valence-electron chi connectivity index (χ4n) is 3.88. The van der Waals surface area contributed by atoms with Crippen molar-refractivity contribution in [3.8, 4) is 0 Å². The number of halogens is 2. The summed E-state index contributed by atoms with van der Waals surface area (Å²) in [5.41, 5.74) is -0.482. The fourth-order valence-corrected chi connectivity index (χ4v) is 3.88. The standard InChI is InChI=1S/C22H31FN3O.BrH/c1-2-3-4-5-6-7-8-9-17-26-21-24-15-10-16-25(21)18-22(26,27)19-11-13-20(23)14-12-19;/h10-16,27H,2-9,17-18H2,1H3;1H/q+1;/p-1. The lowest BCUT2D eigenvalue weighted by Crippen LogP contribution is -3.00. The molecule has 0 saturated carbocycles. The number of fused-ring (bicyclic) bond motifs is 1. The second-order valence-electron chi connectivity index (χ2n) is 7.50. The van der Waals surface area contributed by atoms with E-state index in [1.807, 2.05) is 21.7 Å². The summed E-state index contributed by atoms with van der Waals surface area (Å²) in [6.07, 6.45) is 13.6. The van der Waals surface area contributed by atoms with Crippen LogP contribution in [-0.4, -0.2) is 16.6 Å². The highest BCUT2D eigenvalue weighted by atomic mass is 79.9. The maximum Gasteiger partial charge on any atom is 0.396 e. The average Bonchev–Trinajstić information content (AvgIpc) is 2.97. The van der Waals surface area contributed by atoms with Crippen molar-refractivity contribution in [3.63, 3.8) is 0 Å². The van der Waals surface area contributed by atoms with E-state index in [0.29, 0.717) is 12.1 Å². The topological polar surface area (TPSA) is 40.2 Å². The van der Waals surface area contributed by atoms with Crippen molar-refractivity contribution in [2.75, 3.05) is 11.4 Å². The van der Waals surface area contributed by atoms with Crippen LogP contribution in [0.2, 0.25) is 0 Å². The van der Waals surface area contributed by atoms with Gasteiger partial charge in [0.05, 0.1) is 12.7 Å². The first kappa shape index (κ1) is 22.8. The lowest BCUT2D eigenvalue weighted by molar-refractivity contribution is -0.685. The van der Waals surface area contributed by atoms with Crippen LogP contribution in [-0.2, 0) is 12.3 Å². The summed E-state index contributed by atoms with van der Waals surface area (Å²) in [6.45, 7) is 3.38. The zero-order valence-electron chi connectivity index (χ0n) is 16.7. The Morgan fingerprint density at radius 1 is 1.07 bits per heavy atom. The minimum absolute atomic E-state index is 0. The Morgan fingerprint density at radius 2 is 1.71 bits per heavy atom. The molecule has 0 spiro atoms. The van der Waals surface area contributed by atoms with Gasteiger partial charge in [-0.05, 0) is 30.7 Å². The molecule has 28 heavy (non-hydrogen) atoms. The predicted molar refractivity (Wildman–Crippen MR) is 105 cm³/mol. The van der Waals surface area contributed by atoms with Gasteiger partial charge in [-0.1, -0.05) is 56.9 Å². The van der Waals surface area contributed by atoms with Crippen LogP contribution in [0.3, 0.4) is 0 Å². The third-order valence-corrected chi connectivity index (χ3v) is 5.42. The summed E-state index contributed by atoms with van der Waals surface area (Å²) in [4.78, 5) is 6.45. The van der Waals surface area contributed by atoms with Gasteiger partial charge in [-0.15, -0.1) is 0 Å². The normalized spacial score (nSPS) is 18.0. The van der Waals surface area contributed by atoms with E-state index < -0.39 is 5.72 Å². The molecule has 0 saturated heterocycles. The first-order chi connectivity index (χ1) is 13.1. The van der Waals surface area contributed by atoms with Gasteiger partial charge in [-0.25, -0.2) is 13.9 Å². The first-order valence-corrected chi connectivity index (χ1v) is 10.3. The quantitative estimate of drug-likeness (QED) is 0.437. The van der Waals surface area contributed by atoms with Gasteiger partial charge in [0.15, 0.2) is 0 Å². The second kappa shape index (κ2) is 10.9. The Kier molecular flexibility index (Phi) is 8.83. The highest BCUT2D eigenvalue weighted by Gasteiger charge is 2.51. The molecule has 2 aromatic rings. The molecule has 1 aromatic carbocycles. The van der Waals surface area contributed by atoms with Crippen LogP contribution in [0, 0.1) is 5.82 Å². The van der Waals surface area contributed by atoms with Gasteiger partial charge in [0.1, 0.15) is 18.6 Å². The molecule has 1 aliphatic rings. The Bertz CT molecular complexity index is 728. The van der Waals surface area contributed by atoms with Crippen LogP contribution in [0.25, 0.3) is 0 Å². The molecule has 0 amide bonds. The minimum atomic E-state index is -1.18. The SMILES string of the molecule is CCCCCCCCCCN1c2nccc[n+]2CC1(O)c1ccc(F)cc1.[Br-]. The van der Waals surface area contributed by atoms with Crippen molar-refractivity contribution < 1.29 is 31.0 Å². The summed E-state index contributed by atoms with van der Waals surface area (Å²) in [6, 6.07) is 8.02. The Hall–Kier alpha value is -1.53. The summed E-state index contributed by atoms with van der Waals surface area (Å²) in [7, 11) is 0. The van der Waals surface area contributed by atoms with E-state index in [0.717, 1.165) is 25.3 Å². The molecular weight excluding hydrogens is 421 g/mol. The number of hydrogen-bond donors (Lipinski definition) is 1. The lowest BCUT2D eigenvalue weighted by Gasteiger charge is -2.28. The smallest absolute Gasteiger partial charge is 0.396 e. The zero-order chi connectivity index (χ0) is 19.1. The zero-order valence-corrected chi connectivity index (χ0v) is 18.2. The number of aliphatic hydroxyl groups is 1. The van der Waals surface area contributed by atoms with E-state index in [4.69, 9.17) is 0 Å². The van der Waals surface area contributed by atoms with Gasteiger partial charge < -0.3 is 22.1 Å². The molecule has 1 aromatic heterocycles. The fraction of sp³-hybridized carbons (Fsp3) is 0.545. The molecule has 2 heterocycles. The van der Waals surface area contributed by atoms with Crippen LogP contribution < -0.4 is 26.4 Å². The van der Waals surface area contributed by atoms with Crippen LogP contribution in [0.1, 0.15) is 63.9 Å². The van der Waals surface area contributed by atoms with E-state index in [1.54, 1.807) is 18.3 Å². The molecule has 4 nitrogen and oxygen atoms in total. The summed E-state index contributed by atoms with van der Waals surface area (Å²) in [5.74, 6) is 0.477. The van der Waals surface area contributed by atoms with E-state index in [1.165, 1.54) is 50.7 Å². The van der Waals surface area contributed by atoms with Crippen LogP contribution in [0.4, 0.5) is 10.3 Å². The van der Waals surface area contributed by atoms with Crippen molar-refractivity contribution in [1.82, 2.24) is 4.98 Å². The number of aromatic nitrogens is 2. The van der Waals surface area contributed by atoms with Crippen molar-refractivity contribution in [2.24, 2.45) is 0 Å². The van der Waals surface area contributed by atoms with Crippen molar-refractivity contribution in [2.45, 2.75) is 70.6 Å². The number of anilines is 1. The summed E-state index contributed by atoms with van der Waals surface area (Å²) in [5, 5.41) is 11.5. The number of hydrogen-bond acceptors (Lipinski definition) is 3. The van der Waals surface area contributed by atoms with Crippen molar-refractivity contribution >= 4 is 5.95 Å². The molecule has 0 aliphatic carbocycles. The molecule has 1 aliphatic heterocycles. The van der Waals surface area contributed by atoms with E-state index >= 15 is 0 Å². The Balaban J connectivity index is 0.00000280. The number of benzene rings is 1. The van der Waals surface area contributed by atoms with E-state index in [2.05, 4.69) is 11.9 Å². The number of nitrogens with zero attached hydrogens (tertiary/aromatic N) is 3. The van der Waals surface area contributed by atoms with Crippen LogP contribution in [0.15, 0.2) is 42.7 Å². The van der Waals surface area contributed by atoms with Crippen LogP contribution >= 0.6 is 0 Å². The molecule has 1 unspecified atom stereocenters. The molecule has 0 fully saturated rings. The third-order valence-electron chi connectivity index (χ3n) is 5.42. The maximum absolute atomic E-state index is 13.3. The Labute approximate surface area is 178 Å². The highest BCUT2D eigenvalue weighted by Crippen LogP contribution is 2.34. The molecule has 1 atom stereocenters. The predicted octanol–water partition coefficient (Wildman–Crippen LogP) is 1.32. The first-order valence-electron chi connectivity index (χ1n) is 10.3. The second-order valence-corrected chi connectivity index (χ2v) is 7.50. The Morgan fingerprint density at radius 3 is 2.39 bits per heavy atom. The van der Waals surface area contributed by atoms with E-state index in [9.17, 15) is 9.50 Å². The molecule has 3 rings (SSSR count). The van der Waals surface area contributed by atoms with Gasteiger partial charge in [0.25, 0.3) is 0 Å². The summed E-state index contributed by atoms with van der Waals surface area (Å²) < 4.78 is 15.3. The molecular formula is C22H31BrFN3O. The minimum Gasteiger partial charge on any atom is -1.00 e. The molecule has 0 radical (unpaired) electrons. The monoisotopic (exact) mass is 451 g/mol. The van der Waals surface area contributed by atoms with Crippen LogP contribution in [0.5, 0.6) is 0 Å². The largest absolute Gasteiger partial charge is 1.00 e. The van der Waals surface area contributed by atoms with E-state index in [-0.39, 0.29) is 22.8 Å². The average molecular weight is 452 g/mol. The van der Waals surface area contributed by atoms with Gasteiger partial charge in [0, 0.05) is 11.6 Å². The maximum atomic E-state index is 13.3. The molecule has 1 N–H and O–H groups in total. The number of unbranched alkanes of at least 4 members (excludes halogenated alkanes) is 7. The van der Waals surface area contributed by atoms with Crippen molar-refractivity contribution in [3.05, 3.63) is 54.1 Å². The molecule has 6 heteroatoms. The van der Waals surface area contributed by atoms with Gasteiger partial charge in [-0.2, -0.15) is 0 Å². The van der Waals surface area contributed by atoms with Gasteiger partial charge in [0.2, 0.25) is 5.72 Å². The third kappa shape index (κ3) is 5.29. The molecule has 0 bridgehead atoms. The molecule has 154 valence electrons. The van der Waals surface area contributed by atoms with Gasteiger partial charge >= 0.3 is 5.95 Å².